The second kappa shape index (κ2) is 7.88. The number of likely N-dealkylation sites (tertiary alicyclic amines) is 1. The van der Waals surface area contributed by atoms with Crippen LogP contribution >= 0.6 is 11.6 Å². The van der Waals surface area contributed by atoms with E-state index in [0.717, 1.165) is 12.8 Å². The third kappa shape index (κ3) is 4.93. The minimum atomic E-state index is -0.138. The molecule has 21 heavy (non-hydrogen) atoms. The second-order valence-corrected chi connectivity index (χ2v) is 5.23. The van der Waals surface area contributed by atoms with E-state index < -0.39 is 0 Å². The Balaban J connectivity index is 1.68. The summed E-state index contributed by atoms with van der Waals surface area (Å²) in [7, 11) is 0. The van der Waals surface area contributed by atoms with Gasteiger partial charge in [0.1, 0.15) is 11.6 Å². The number of amides is 2. The molecular weight excluding hydrogens is 292 g/mol. The molecule has 0 bridgehead atoms. The summed E-state index contributed by atoms with van der Waals surface area (Å²) in [6.45, 7) is 1.27. The second-order valence-electron chi connectivity index (χ2n) is 4.96. The highest BCUT2D eigenvalue weighted by Gasteiger charge is 2.23. The molecular formula is C15H19ClN2O3. The van der Waals surface area contributed by atoms with Crippen molar-refractivity contribution in [2.75, 3.05) is 25.6 Å². The lowest BCUT2D eigenvalue weighted by Gasteiger charge is -2.32. The number of para-hydroxylation sites is 1. The van der Waals surface area contributed by atoms with Gasteiger partial charge in [0.2, 0.25) is 5.91 Å². The zero-order valence-corrected chi connectivity index (χ0v) is 12.5. The number of ether oxygens (including phenoxy) is 1. The largest absolute Gasteiger partial charge is 0.484 e. The van der Waals surface area contributed by atoms with E-state index in [1.165, 1.54) is 0 Å². The number of alkyl halides is 1. The van der Waals surface area contributed by atoms with Crippen molar-refractivity contribution >= 4 is 23.4 Å². The number of benzene rings is 1. The fourth-order valence-electron chi connectivity index (χ4n) is 2.29. The first-order valence-corrected chi connectivity index (χ1v) is 7.53. The molecule has 0 aromatic heterocycles. The number of carbonyl (C=O) groups excluding carboxylic acids is 2. The molecule has 5 nitrogen and oxygen atoms in total. The number of hydrogen-bond donors (Lipinski definition) is 1. The third-order valence-electron chi connectivity index (χ3n) is 3.44. The predicted molar refractivity (Wildman–Crippen MR) is 80.4 cm³/mol. The number of halogens is 1. The van der Waals surface area contributed by atoms with Crippen molar-refractivity contribution in [3.05, 3.63) is 30.3 Å². The van der Waals surface area contributed by atoms with E-state index in [4.69, 9.17) is 16.3 Å². The zero-order chi connectivity index (χ0) is 15.1. The van der Waals surface area contributed by atoms with Crippen LogP contribution in [0, 0.1) is 0 Å². The van der Waals surface area contributed by atoms with Crippen molar-refractivity contribution in [1.82, 2.24) is 10.2 Å². The van der Waals surface area contributed by atoms with Gasteiger partial charge < -0.3 is 15.0 Å². The fraction of sp³-hybridized carbons (Fsp3) is 0.467. The molecule has 0 aliphatic carbocycles. The Morgan fingerprint density at radius 3 is 2.52 bits per heavy atom. The number of nitrogens with one attached hydrogen (secondary N) is 1. The minimum absolute atomic E-state index is 0.00480. The molecule has 0 saturated carbocycles. The lowest BCUT2D eigenvalue weighted by atomic mass is 10.1. The van der Waals surface area contributed by atoms with E-state index in [1.807, 2.05) is 30.3 Å². The molecule has 2 rings (SSSR count). The number of carbonyl (C=O) groups is 2. The third-order valence-corrected chi connectivity index (χ3v) is 3.67. The maximum absolute atomic E-state index is 11.8. The topological polar surface area (TPSA) is 58.6 Å². The summed E-state index contributed by atoms with van der Waals surface area (Å²) in [5, 5.41) is 2.93. The molecule has 1 N–H and O–H groups in total. The Hall–Kier alpha value is -1.75. The molecule has 1 heterocycles. The van der Waals surface area contributed by atoms with Crippen LogP contribution in [0.4, 0.5) is 0 Å². The SMILES string of the molecule is O=C(COc1ccccc1)NC1CCN(C(=O)CCl)CC1. The van der Waals surface area contributed by atoms with Crippen molar-refractivity contribution in [3.63, 3.8) is 0 Å². The van der Waals surface area contributed by atoms with E-state index in [0.29, 0.717) is 18.8 Å². The van der Waals surface area contributed by atoms with Gasteiger partial charge >= 0.3 is 0 Å². The van der Waals surface area contributed by atoms with Crippen LogP contribution in [0.1, 0.15) is 12.8 Å². The van der Waals surface area contributed by atoms with Crippen molar-refractivity contribution < 1.29 is 14.3 Å². The molecule has 114 valence electrons. The van der Waals surface area contributed by atoms with Crippen LogP contribution in [0.25, 0.3) is 0 Å². The van der Waals surface area contributed by atoms with Gasteiger partial charge in [-0.25, -0.2) is 0 Å². The standard InChI is InChI=1S/C15H19ClN2O3/c16-10-15(20)18-8-6-12(7-9-18)17-14(19)11-21-13-4-2-1-3-5-13/h1-5,12H,6-11H2,(H,17,19). The molecule has 1 aliphatic heterocycles. The van der Waals surface area contributed by atoms with Crippen LogP contribution in [0.15, 0.2) is 30.3 Å². The van der Waals surface area contributed by atoms with Gasteiger partial charge in [0.25, 0.3) is 5.91 Å². The van der Waals surface area contributed by atoms with E-state index in [9.17, 15) is 9.59 Å². The fourth-order valence-corrected chi connectivity index (χ4v) is 2.46. The first-order chi connectivity index (χ1) is 10.2. The van der Waals surface area contributed by atoms with Crippen LogP contribution in [0.5, 0.6) is 5.75 Å². The lowest BCUT2D eigenvalue weighted by molar-refractivity contribution is -0.129. The van der Waals surface area contributed by atoms with Gasteiger partial charge in [-0.2, -0.15) is 0 Å². The monoisotopic (exact) mass is 310 g/mol. The van der Waals surface area contributed by atoms with Crippen LogP contribution in [-0.2, 0) is 9.59 Å². The van der Waals surface area contributed by atoms with Gasteiger partial charge in [-0.1, -0.05) is 18.2 Å². The summed E-state index contributed by atoms with van der Waals surface area (Å²) in [5.41, 5.74) is 0. The summed E-state index contributed by atoms with van der Waals surface area (Å²) < 4.78 is 5.39. The smallest absolute Gasteiger partial charge is 0.258 e. The maximum Gasteiger partial charge on any atom is 0.258 e. The number of rotatable bonds is 5. The first kappa shape index (κ1) is 15.6. The molecule has 1 aromatic carbocycles. The molecule has 0 unspecified atom stereocenters. The minimum Gasteiger partial charge on any atom is -0.484 e. The van der Waals surface area contributed by atoms with Gasteiger partial charge in [0.05, 0.1) is 0 Å². The quantitative estimate of drug-likeness (QED) is 0.837. The molecule has 0 spiro atoms. The number of nitrogens with zero attached hydrogens (tertiary/aromatic N) is 1. The van der Waals surface area contributed by atoms with Gasteiger partial charge in [-0.3, -0.25) is 9.59 Å². The maximum atomic E-state index is 11.8. The molecule has 1 aliphatic rings. The molecule has 1 fully saturated rings. The Morgan fingerprint density at radius 1 is 1.24 bits per heavy atom. The van der Waals surface area contributed by atoms with Crippen LogP contribution < -0.4 is 10.1 Å². The summed E-state index contributed by atoms with van der Waals surface area (Å²) in [6.07, 6.45) is 1.50. The molecule has 0 radical (unpaired) electrons. The molecule has 1 aromatic rings. The summed E-state index contributed by atoms with van der Waals surface area (Å²) in [6, 6.07) is 9.32. The number of hydrogen-bond acceptors (Lipinski definition) is 3. The number of piperidine rings is 1. The Morgan fingerprint density at radius 2 is 1.90 bits per heavy atom. The van der Waals surface area contributed by atoms with Crippen molar-refractivity contribution in [2.45, 2.75) is 18.9 Å². The van der Waals surface area contributed by atoms with Crippen LogP contribution in [-0.4, -0.2) is 48.3 Å². The van der Waals surface area contributed by atoms with E-state index in [1.54, 1.807) is 4.90 Å². The molecule has 0 atom stereocenters. The zero-order valence-electron chi connectivity index (χ0n) is 11.8. The highest BCUT2D eigenvalue weighted by atomic mass is 35.5. The molecule has 2 amide bonds. The molecule has 6 heteroatoms. The first-order valence-electron chi connectivity index (χ1n) is 7.00. The van der Waals surface area contributed by atoms with E-state index in [2.05, 4.69) is 5.32 Å². The predicted octanol–water partition coefficient (Wildman–Crippen LogP) is 1.41. The van der Waals surface area contributed by atoms with Crippen LogP contribution in [0.2, 0.25) is 0 Å². The summed E-state index contributed by atoms with van der Waals surface area (Å²) >= 11 is 5.53. The van der Waals surface area contributed by atoms with Gasteiger partial charge in [-0.05, 0) is 25.0 Å². The van der Waals surface area contributed by atoms with Gasteiger partial charge in [0, 0.05) is 19.1 Å². The van der Waals surface area contributed by atoms with Crippen molar-refractivity contribution in [1.29, 1.82) is 0 Å². The highest BCUT2D eigenvalue weighted by Crippen LogP contribution is 2.11. The Labute approximate surface area is 129 Å². The Kier molecular flexibility index (Phi) is 5.87. The average Bonchev–Trinajstić information content (AvgIpc) is 2.54. The molecule has 1 saturated heterocycles. The van der Waals surface area contributed by atoms with Gasteiger partial charge in [0.15, 0.2) is 6.61 Å². The van der Waals surface area contributed by atoms with Crippen molar-refractivity contribution in [3.8, 4) is 5.75 Å². The summed E-state index contributed by atoms with van der Waals surface area (Å²) in [4.78, 5) is 25.0. The highest BCUT2D eigenvalue weighted by molar-refractivity contribution is 6.27. The van der Waals surface area contributed by atoms with Gasteiger partial charge in [-0.15, -0.1) is 11.6 Å². The normalized spacial score (nSPS) is 15.6. The lowest BCUT2D eigenvalue weighted by Crippen LogP contribution is -2.47. The van der Waals surface area contributed by atoms with Crippen LogP contribution in [0.3, 0.4) is 0 Å². The van der Waals surface area contributed by atoms with Crippen molar-refractivity contribution in [2.24, 2.45) is 0 Å². The Bertz CT molecular complexity index is 473. The average molecular weight is 311 g/mol. The van der Waals surface area contributed by atoms with E-state index >= 15 is 0 Å². The van der Waals surface area contributed by atoms with E-state index in [-0.39, 0.29) is 30.3 Å². The summed E-state index contributed by atoms with van der Waals surface area (Å²) in [5.74, 6) is 0.507.